The van der Waals surface area contributed by atoms with Gasteiger partial charge in [-0.2, -0.15) is 0 Å². The molecule has 1 aromatic rings. The zero-order valence-corrected chi connectivity index (χ0v) is 13.2. The number of carbonyl (C=O) groups excluding carboxylic acids is 1. The Morgan fingerprint density at radius 2 is 2.00 bits per heavy atom. The third-order valence-electron chi connectivity index (χ3n) is 4.22. The number of nitrogens with zero attached hydrogens (tertiary/aromatic N) is 1. The van der Waals surface area contributed by atoms with E-state index in [4.69, 9.17) is 5.73 Å². The number of carbonyl (C=O) groups is 1. The van der Waals surface area contributed by atoms with Crippen molar-refractivity contribution in [1.29, 1.82) is 0 Å². The molecule has 1 aliphatic rings. The first-order valence-electron chi connectivity index (χ1n) is 7.76. The Morgan fingerprint density at radius 3 is 2.52 bits per heavy atom. The Bertz CT molecular complexity index is 499. The Hall–Kier alpha value is -1.58. The molecule has 0 atom stereocenters. The fourth-order valence-electron chi connectivity index (χ4n) is 3.00. The van der Waals surface area contributed by atoms with Gasteiger partial charge in [0.05, 0.1) is 0 Å². The van der Waals surface area contributed by atoms with E-state index >= 15 is 0 Å². The Balaban J connectivity index is 2.28. The minimum absolute atomic E-state index is 0.0961. The van der Waals surface area contributed by atoms with Gasteiger partial charge in [-0.3, -0.25) is 4.79 Å². The number of anilines is 1. The lowest BCUT2D eigenvalue weighted by Gasteiger charge is -2.31. The van der Waals surface area contributed by atoms with Gasteiger partial charge in [-0.15, -0.1) is 0 Å². The van der Waals surface area contributed by atoms with Gasteiger partial charge >= 0.3 is 0 Å². The fourth-order valence-corrected chi connectivity index (χ4v) is 3.00. The number of hydrogen-bond acceptors (Lipinski definition) is 2. The maximum Gasteiger partial charge on any atom is 0.254 e. The highest BCUT2D eigenvalue weighted by atomic mass is 19.1. The maximum absolute atomic E-state index is 13.9. The molecule has 2 rings (SSSR count). The second-order valence-electron chi connectivity index (χ2n) is 6.46. The smallest absolute Gasteiger partial charge is 0.254 e. The summed E-state index contributed by atoms with van der Waals surface area (Å²) in [7, 11) is 0. The molecular formula is C17H25FN2O. The van der Waals surface area contributed by atoms with Crippen LogP contribution in [0.25, 0.3) is 0 Å². The van der Waals surface area contributed by atoms with Crippen LogP contribution in [0.4, 0.5) is 10.1 Å². The van der Waals surface area contributed by atoms with Crippen LogP contribution >= 0.6 is 0 Å². The van der Waals surface area contributed by atoms with Crippen molar-refractivity contribution >= 4 is 11.6 Å². The first-order valence-corrected chi connectivity index (χ1v) is 7.76. The molecule has 21 heavy (non-hydrogen) atoms. The fraction of sp³-hybridized carbons (Fsp3) is 0.588. The molecule has 0 bridgehead atoms. The summed E-state index contributed by atoms with van der Waals surface area (Å²) in [6.45, 7) is 6.53. The molecule has 2 N–H and O–H groups in total. The maximum atomic E-state index is 13.9. The standard InChI is InChI=1S/C17H25FN2O/c1-11(2)10-20(14-6-4-5-7-14)17(21)13-8-15(18)12(3)16(19)9-13/h8-9,11,14H,4-7,10,19H2,1-3H3. The summed E-state index contributed by atoms with van der Waals surface area (Å²) >= 11 is 0. The molecule has 116 valence electrons. The van der Waals surface area contributed by atoms with Crippen LogP contribution in [0.5, 0.6) is 0 Å². The van der Waals surface area contributed by atoms with Crippen LogP contribution in [0.15, 0.2) is 12.1 Å². The average molecular weight is 292 g/mol. The third-order valence-corrected chi connectivity index (χ3v) is 4.22. The van der Waals surface area contributed by atoms with Crippen molar-refractivity contribution in [2.24, 2.45) is 5.92 Å². The topological polar surface area (TPSA) is 46.3 Å². The van der Waals surface area contributed by atoms with Crippen LogP contribution in [0.1, 0.15) is 55.5 Å². The van der Waals surface area contributed by atoms with Gasteiger partial charge in [-0.25, -0.2) is 4.39 Å². The highest BCUT2D eigenvalue weighted by Crippen LogP contribution is 2.27. The lowest BCUT2D eigenvalue weighted by Crippen LogP contribution is -2.41. The lowest BCUT2D eigenvalue weighted by molar-refractivity contribution is 0.0655. The quantitative estimate of drug-likeness (QED) is 0.859. The first kappa shape index (κ1) is 15.8. The molecule has 1 aromatic carbocycles. The van der Waals surface area contributed by atoms with Gasteiger partial charge in [0.1, 0.15) is 5.82 Å². The van der Waals surface area contributed by atoms with Crippen LogP contribution < -0.4 is 5.73 Å². The minimum Gasteiger partial charge on any atom is -0.398 e. The molecule has 3 nitrogen and oxygen atoms in total. The molecule has 1 saturated carbocycles. The predicted molar refractivity (Wildman–Crippen MR) is 83.7 cm³/mol. The summed E-state index contributed by atoms with van der Waals surface area (Å²) in [6.07, 6.45) is 4.42. The normalized spacial score (nSPS) is 15.7. The van der Waals surface area contributed by atoms with Crippen molar-refractivity contribution in [3.8, 4) is 0 Å². The van der Waals surface area contributed by atoms with Gasteiger partial charge in [-0.05, 0) is 37.8 Å². The van der Waals surface area contributed by atoms with E-state index in [-0.39, 0.29) is 11.9 Å². The SMILES string of the molecule is Cc1c(N)cc(C(=O)N(CC(C)C)C2CCCC2)cc1F. The molecule has 1 amide bonds. The summed E-state index contributed by atoms with van der Waals surface area (Å²) < 4.78 is 13.9. The molecule has 0 aliphatic heterocycles. The van der Waals surface area contributed by atoms with Crippen LogP contribution in [-0.4, -0.2) is 23.4 Å². The summed E-state index contributed by atoms with van der Waals surface area (Å²) in [4.78, 5) is 14.7. The van der Waals surface area contributed by atoms with Crippen molar-refractivity contribution in [2.45, 2.75) is 52.5 Å². The summed E-state index contributed by atoms with van der Waals surface area (Å²) in [5.41, 5.74) is 6.91. The largest absolute Gasteiger partial charge is 0.398 e. The first-order chi connectivity index (χ1) is 9.90. The Labute approximate surface area is 126 Å². The Kier molecular flexibility index (Phi) is 4.86. The van der Waals surface area contributed by atoms with Crippen molar-refractivity contribution < 1.29 is 9.18 Å². The summed E-state index contributed by atoms with van der Waals surface area (Å²) in [5, 5.41) is 0. The van der Waals surface area contributed by atoms with Gasteiger partial charge < -0.3 is 10.6 Å². The average Bonchev–Trinajstić information content (AvgIpc) is 2.94. The molecule has 1 aliphatic carbocycles. The monoisotopic (exact) mass is 292 g/mol. The molecule has 1 fully saturated rings. The van der Waals surface area contributed by atoms with E-state index in [0.29, 0.717) is 29.3 Å². The van der Waals surface area contributed by atoms with E-state index in [2.05, 4.69) is 13.8 Å². The van der Waals surface area contributed by atoms with Crippen LogP contribution in [0, 0.1) is 18.7 Å². The Morgan fingerprint density at radius 1 is 1.38 bits per heavy atom. The molecule has 0 heterocycles. The predicted octanol–water partition coefficient (Wildman–Crippen LogP) is 3.76. The van der Waals surface area contributed by atoms with E-state index in [0.717, 1.165) is 25.7 Å². The molecule has 0 saturated heterocycles. The van der Waals surface area contributed by atoms with E-state index in [1.54, 1.807) is 13.0 Å². The van der Waals surface area contributed by atoms with Crippen molar-refractivity contribution in [3.05, 3.63) is 29.1 Å². The number of halogens is 1. The number of hydrogen-bond donors (Lipinski definition) is 1. The van der Waals surface area contributed by atoms with E-state index < -0.39 is 5.82 Å². The molecule has 0 unspecified atom stereocenters. The minimum atomic E-state index is -0.408. The highest BCUT2D eigenvalue weighted by molar-refractivity contribution is 5.95. The highest BCUT2D eigenvalue weighted by Gasteiger charge is 2.28. The van der Waals surface area contributed by atoms with Gasteiger partial charge in [0.15, 0.2) is 0 Å². The number of rotatable bonds is 4. The van der Waals surface area contributed by atoms with Crippen LogP contribution in [0.2, 0.25) is 0 Å². The zero-order valence-electron chi connectivity index (χ0n) is 13.2. The molecule has 4 heteroatoms. The molecule has 0 radical (unpaired) electrons. The van der Waals surface area contributed by atoms with E-state index in [1.807, 2.05) is 4.90 Å². The van der Waals surface area contributed by atoms with Crippen molar-refractivity contribution in [3.63, 3.8) is 0 Å². The second kappa shape index (κ2) is 6.46. The van der Waals surface area contributed by atoms with Gasteiger partial charge in [0.25, 0.3) is 5.91 Å². The zero-order chi connectivity index (χ0) is 15.6. The molecule has 0 spiro atoms. The van der Waals surface area contributed by atoms with Crippen molar-refractivity contribution in [2.75, 3.05) is 12.3 Å². The van der Waals surface area contributed by atoms with Gasteiger partial charge in [0, 0.05) is 29.4 Å². The number of amides is 1. The molecule has 0 aromatic heterocycles. The van der Waals surface area contributed by atoms with E-state index in [9.17, 15) is 9.18 Å². The number of nitrogens with two attached hydrogens (primary N) is 1. The van der Waals surface area contributed by atoms with Crippen LogP contribution in [0.3, 0.4) is 0 Å². The van der Waals surface area contributed by atoms with Crippen molar-refractivity contribution in [1.82, 2.24) is 4.90 Å². The van der Waals surface area contributed by atoms with Gasteiger partial charge in [0.2, 0.25) is 0 Å². The number of benzene rings is 1. The summed E-state index contributed by atoms with van der Waals surface area (Å²) in [5.74, 6) is -0.113. The second-order valence-corrected chi connectivity index (χ2v) is 6.46. The van der Waals surface area contributed by atoms with Crippen LogP contribution in [-0.2, 0) is 0 Å². The lowest BCUT2D eigenvalue weighted by atomic mass is 10.1. The van der Waals surface area contributed by atoms with Gasteiger partial charge in [-0.1, -0.05) is 26.7 Å². The van der Waals surface area contributed by atoms with E-state index in [1.165, 1.54) is 6.07 Å². The molecular weight excluding hydrogens is 267 g/mol. The number of nitrogen functional groups attached to an aromatic ring is 1. The third kappa shape index (κ3) is 3.55. The summed E-state index contributed by atoms with van der Waals surface area (Å²) in [6, 6.07) is 3.20.